The summed E-state index contributed by atoms with van der Waals surface area (Å²) in [7, 11) is 1.57. The first-order valence-electron chi connectivity index (χ1n) is 5.04. The zero-order valence-corrected chi connectivity index (χ0v) is 8.93. The highest BCUT2D eigenvalue weighted by molar-refractivity contribution is 6.00. The van der Waals surface area contributed by atoms with Crippen LogP contribution < -0.4 is 4.74 Å². The van der Waals surface area contributed by atoms with E-state index in [0.717, 1.165) is 0 Å². The molecule has 0 aliphatic carbocycles. The van der Waals surface area contributed by atoms with Crippen LogP contribution in [0.3, 0.4) is 0 Å². The zero-order chi connectivity index (χ0) is 11.5. The third-order valence-corrected chi connectivity index (χ3v) is 2.60. The number of cyclic esters (lactones) is 1. The number of carbonyl (C=O) groups excluding carboxylic acids is 2. The molecule has 0 aromatic heterocycles. The van der Waals surface area contributed by atoms with Crippen molar-refractivity contribution >= 4 is 11.8 Å². The molecule has 4 heteroatoms. The first kappa shape index (κ1) is 10.7. The average Bonchev–Trinajstić information content (AvgIpc) is 2.75. The Balaban J connectivity index is 2.11. The van der Waals surface area contributed by atoms with E-state index in [2.05, 4.69) is 0 Å². The lowest BCUT2D eigenvalue weighted by Gasteiger charge is -2.06. The molecule has 1 aliphatic heterocycles. The van der Waals surface area contributed by atoms with Gasteiger partial charge in [-0.25, -0.2) is 0 Å². The van der Waals surface area contributed by atoms with Gasteiger partial charge in [-0.05, 0) is 24.3 Å². The van der Waals surface area contributed by atoms with Gasteiger partial charge in [0, 0.05) is 5.56 Å². The molecule has 1 aliphatic rings. The second kappa shape index (κ2) is 4.35. The van der Waals surface area contributed by atoms with E-state index in [-0.39, 0.29) is 30.7 Å². The Morgan fingerprint density at radius 1 is 1.38 bits per heavy atom. The number of rotatable bonds is 3. The van der Waals surface area contributed by atoms with Crippen LogP contribution in [0.5, 0.6) is 5.75 Å². The summed E-state index contributed by atoms with van der Waals surface area (Å²) < 4.78 is 9.77. The maximum atomic E-state index is 11.9. The summed E-state index contributed by atoms with van der Waals surface area (Å²) in [5, 5.41) is 0. The average molecular weight is 220 g/mol. The SMILES string of the molecule is COc1ccc(C(=O)[C@H]2COC(=O)C2)cc1. The summed E-state index contributed by atoms with van der Waals surface area (Å²) >= 11 is 0. The van der Waals surface area contributed by atoms with Crippen molar-refractivity contribution in [3.8, 4) is 5.75 Å². The number of Topliss-reactive ketones (excluding diaryl/α,β-unsaturated/α-hetero) is 1. The molecule has 1 fully saturated rings. The Morgan fingerprint density at radius 2 is 2.06 bits per heavy atom. The molecule has 0 saturated carbocycles. The first-order chi connectivity index (χ1) is 7.70. The molecule has 4 nitrogen and oxygen atoms in total. The normalized spacial score (nSPS) is 19.3. The lowest BCUT2D eigenvalue weighted by molar-refractivity contribution is -0.137. The van der Waals surface area contributed by atoms with Gasteiger partial charge in [0.15, 0.2) is 5.78 Å². The zero-order valence-electron chi connectivity index (χ0n) is 8.93. The fourth-order valence-corrected chi connectivity index (χ4v) is 1.67. The smallest absolute Gasteiger partial charge is 0.306 e. The Labute approximate surface area is 93.2 Å². The van der Waals surface area contributed by atoms with E-state index >= 15 is 0 Å². The predicted octanol–water partition coefficient (Wildman–Crippen LogP) is 1.44. The van der Waals surface area contributed by atoms with Crippen molar-refractivity contribution in [1.29, 1.82) is 0 Å². The van der Waals surface area contributed by atoms with Crippen molar-refractivity contribution in [2.24, 2.45) is 5.92 Å². The molecule has 1 aromatic carbocycles. The van der Waals surface area contributed by atoms with E-state index in [1.807, 2.05) is 0 Å². The molecule has 0 bridgehead atoms. The standard InChI is InChI=1S/C12H12O4/c1-15-10-4-2-8(3-5-10)12(14)9-6-11(13)16-7-9/h2-5,9H,6-7H2,1H3/t9-/m1/s1. The number of carbonyl (C=O) groups is 2. The molecular formula is C12H12O4. The van der Waals surface area contributed by atoms with Crippen LogP contribution in [0.25, 0.3) is 0 Å². The van der Waals surface area contributed by atoms with Crippen LogP contribution in [-0.2, 0) is 9.53 Å². The summed E-state index contributed by atoms with van der Waals surface area (Å²) in [4.78, 5) is 22.8. The number of hydrogen-bond acceptors (Lipinski definition) is 4. The van der Waals surface area contributed by atoms with Gasteiger partial charge in [-0.2, -0.15) is 0 Å². The molecule has 2 rings (SSSR count). The van der Waals surface area contributed by atoms with Crippen molar-refractivity contribution in [3.05, 3.63) is 29.8 Å². The van der Waals surface area contributed by atoms with Crippen LogP contribution in [0.1, 0.15) is 16.8 Å². The second-order valence-electron chi connectivity index (χ2n) is 3.68. The van der Waals surface area contributed by atoms with E-state index in [4.69, 9.17) is 9.47 Å². The van der Waals surface area contributed by atoms with Crippen LogP contribution in [0.2, 0.25) is 0 Å². The molecule has 0 N–H and O–H groups in total. The van der Waals surface area contributed by atoms with Gasteiger partial charge in [-0.15, -0.1) is 0 Å². The minimum absolute atomic E-state index is 0.0477. The maximum absolute atomic E-state index is 11.9. The molecular weight excluding hydrogens is 208 g/mol. The number of hydrogen-bond donors (Lipinski definition) is 0. The van der Waals surface area contributed by atoms with Gasteiger partial charge >= 0.3 is 5.97 Å². The Hall–Kier alpha value is -1.84. The first-order valence-corrected chi connectivity index (χ1v) is 5.04. The highest BCUT2D eigenvalue weighted by atomic mass is 16.5. The lowest BCUT2D eigenvalue weighted by Crippen LogP contribution is -2.14. The monoisotopic (exact) mass is 220 g/mol. The van der Waals surface area contributed by atoms with E-state index < -0.39 is 0 Å². The molecule has 1 saturated heterocycles. The van der Waals surface area contributed by atoms with Crippen molar-refractivity contribution in [2.75, 3.05) is 13.7 Å². The molecule has 0 unspecified atom stereocenters. The van der Waals surface area contributed by atoms with Crippen LogP contribution in [0.4, 0.5) is 0 Å². The third kappa shape index (κ3) is 2.05. The highest BCUT2D eigenvalue weighted by Gasteiger charge is 2.30. The maximum Gasteiger partial charge on any atom is 0.306 e. The quantitative estimate of drug-likeness (QED) is 0.571. The summed E-state index contributed by atoms with van der Waals surface area (Å²) in [5.74, 6) is 0.0246. The fraction of sp³-hybridized carbons (Fsp3) is 0.333. The van der Waals surface area contributed by atoms with Gasteiger partial charge in [0.1, 0.15) is 12.4 Å². The van der Waals surface area contributed by atoms with Crippen LogP contribution in [0.15, 0.2) is 24.3 Å². The molecule has 1 atom stereocenters. The number of ketones is 1. The summed E-state index contributed by atoms with van der Waals surface area (Å²) in [5.41, 5.74) is 0.587. The molecule has 0 amide bonds. The molecule has 0 spiro atoms. The van der Waals surface area contributed by atoms with Crippen molar-refractivity contribution in [2.45, 2.75) is 6.42 Å². The second-order valence-corrected chi connectivity index (χ2v) is 3.68. The van der Waals surface area contributed by atoms with Gasteiger partial charge in [-0.1, -0.05) is 0 Å². The van der Waals surface area contributed by atoms with E-state index in [9.17, 15) is 9.59 Å². The summed E-state index contributed by atoms with van der Waals surface area (Å²) in [6, 6.07) is 6.85. The minimum Gasteiger partial charge on any atom is -0.497 e. The van der Waals surface area contributed by atoms with Crippen molar-refractivity contribution < 1.29 is 19.1 Å². The van der Waals surface area contributed by atoms with E-state index in [1.54, 1.807) is 31.4 Å². The Bertz CT molecular complexity index is 408. The van der Waals surface area contributed by atoms with Crippen molar-refractivity contribution in [3.63, 3.8) is 0 Å². The Kier molecular flexibility index (Phi) is 2.90. The Morgan fingerprint density at radius 3 is 2.56 bits per heavy atom. The van der Waals surface area contributed by atoms with Gasteiger partial charge in [0.2, 0.25) is 0 Å². The van der Waals surface area contributed by atoms with E-state index in [1.165, 1.54) is 0 Å². The lowest BCUT2D eigenvalue weighted by atomic mass is 9.97. The largest absolute Gasteiger partial charge is 0.497 e. The number of ether oxygens (including phenoxy) is 2. The van der Waals surface area contributed by atoms with Crippen LogP contribution >= 0.6 is 0 Å². The number of esters is 1. The summed E-state index contributed by atoms with van der Waals surface area (Å²) in [6.07, 6.45) is 0.185. The molecule has 16 heavy (non-hydrogen) atoms. The van der Waals surface area contributed by atoms with Crippen LogP contribution in [-0.4, -0.2) is 25.5 Å². The topological polar surface area (TPSA) is 52.6 Å². The molecule has 1 heterocycles. The molecule has 0 radical (unpaired) electrons. The highest BCUT2D eigenvalue weighted by Crippen LogP contribution is 2.21. The van der Waals surface area contributed by atoms with Crippen LogP contribution in [0, 0.1) is 5.92 Å². The fourth-order valence-electron chi connectivity index (χ4n) is 1.67. The van der Waals surface area contributed by atoms with E-state index in [0.29, 0.717) is 11.3 Å². The number of methoxy groups -OCH3 is 1. The third-order valence-electron chi connectivity index (χ3n) is 2.60. The molecule has 84 valence electrons. The summed E-state index contributed by atoms with van der Waals surface area (Å²) in [6.45, 7) is 0.198. The van der Waals surface area contributed by atoms with Gasteiger partial charge in [0.05, 0.1) is 19.4 Å². The molecule has 1 aromatic rings. The van der Waals surface area contributed by atoms with Gasteiger partial charge in [-0.3, -0.25) is 9.59 Å². The van der Waals surface area contributed by atoms with Gasteiger partial charge < -0.3 is 9.47 Å². The van der Waals surface area contributed by atoms with Gasteiger partial charge in [0.25, 0.3) is 0 Å². The minimum atomic E-state index is -0.333. The predicted molar refractivity (Wildman–Crippen MR) is 56.4 cm³/mol. The number of benzene rings is 1. The van der Waals surface area contributed by atoms with Crippen molar-refractivity contribution in [1.82, 2.24) is 0 Å².